The summed E-state index contributed by atoms with van der Waals surface area (Å²) in [5, 5.41) is 0. The summed E-state index contributed by atoms with van der Waals surface area (Å²) in [6.45, 7) is 1.85. The molecule has 2 unspecified atom stereocenters. The predicted molar refractivity (Wildman–Crippen MR) is 42.6 cm³/mol. The summed E-state index contributed by atoms with van der Waals surface area (Å²) in [6, 6.07) is 0. The highest BCUT2D eigenvalue weighted by Crippen LogP contribution is 2.50. The van der Waals surface area contributed by atoms with Crippen LogP contribution in [0, 0.1) is 0 Å². The highest BCUT2D eigenvalue weighted by Gasteiger charge is 2.50. The zero-order chi connectivity index (χ0) is 7.99. The van der Waals surface area contributed by atoms with E-state index in [4.69, 9.17) is 4.18 Å². The molecule has 0 N–H and O–H groups in total. The van der Waals surface area contributed by atoms with Crippen molar-refractivity contribution in [2.75, 3.05) is 6.26 Å². The van der Waals surface area contributed by atoms with Gasteiger partial charge in [0.2, 0.25) is 0 Å². The van der Waals surface area contributed by atoms with Crippen molar-refractivity contribution in [3.8, 4) is 0 Å². The zero-order valence-corrected chi connectivity index (χ0v) is 9.23. The Morgan fingerprint density at radius 3 is 2.20 bits per heavy atom. The van der Waals surface area contributed by atoms with Gasteiger partial charge in [-0.3, -0.25) is 4.18 Å². The van der Waals surface area contributed by atoms with E-state index in [-0.39, 0.29) is 5.60 Å². The molecule has 0 amide bonds. The smallest absolute Gasteiger partial charge is 0.264 e. The number of hydrogen-bond acceptors (Lipinski definition) is 3. The van der Waals surface area contributed by atoms with Crippen LogP contribution in [0.2, 0.25) is 5.54 Å². The Morgan fingerprint density at radius 2 is 2.10 bits per heavy atom. The van der Waals surface area contributed by atoms with E-state index in [1.807, 2.05) is 6.92 Å². The van der Waals surface area contributed by atoms with Crippen molar-refractivity contribution < 1.29 is 12.6 Å². The van der Waals surface area contributed by atoms with E-state index in [1.54, 1.807) is 0 Å². The molecule has 3 nitrogen and oxygen atoms in total. The van der Waals surface area contributed by atoms with Crippen LogP contribution in [0.1, 0.15) is 13.3 Å². The molecule has 60 valence electrons. The second-order valence-corrected chi connectivity index (χ2v) is 6.17. The quantitative estimate of drug-likeness (QED) is 0.416. The van der Waals surface area contributed by atoms with E-state index in [0.29, 0.717) is 5.54 Å². The molecule has 1 aliphatic rings. The SMILES string of the molecule is CC1(OS(C)(=O)=O)CC1[SiH3]. The molecular weight excluding hydrogens is 168 g/mol. The topological polar surface area (TPSA) is 43.4 Å². The lowest BCUT2D eigenvalue weighted by Crippen LogP contribution is -2.16. The van der Waals surface area contributed by atoms with Crippen molar-refractivity contribution in [1.29, 1.82) is 0 Å². The Hall–Kier alpha value is 0.127. The Labute approximate surface area is 64.3 Å². The lowest BCUT2D eigenvalue weighted by atomic mass is 10.4. The molecule has 0 bridgehead atoms. The second kappa shape index (κ2) is 2.06. The van der Waals surface area contributed by atoms with Crippen LogP contribution in [0.4, 0.5) is 0 Å². The minimum Gasteiger partial charge on any atom is -0.264 e. The van der Waals surface area contributed by atoms with Crippen molar-refractivity contribution in [2.45, 2.75) is 24.5 Å². The third-order valence-corrected chi connectivity index (χ3v) is 4.25. The minimum absolute atomic E-state index is 0.334. The van der Waals surface area contributed by atoms with Gasteiger partial charge in [0.1, 0.15) is 0 Å². The fraction of sp³-hybridized carbons (Fsp3) is 1.00. The largest absolute Gasteiger partial charge is 0.264 e. The van der Waals surface area contributed by atoms with E-state index in [0.717, 1.165) is 22.9 Å². The summed E-state index contributed by atoms with van der Waals surface area (Å²) < 4.78 is 26.1. The first-order chi connectivity index (χ1) is 4.33. The highest BCUT2D eigenvalue weighted by molar-refractivity contribution is 7.86. The molecule has 1 aliphatic carbocycles. The highest BCUT2D eigenvalue weighted by atomic mass is 32.2. The van der Waals surface area contributed by atoms with Gasteiger partial charge in [-0.2, -0.15) is 8.42 Å². The van der Waals surface area contributed by atoms with Gasteiger partial charge in [-0.05, 0) is 18.9 Å². The van der Waals surface area contributed by atoms with Gasteiger partial charge in [0.25, 0.3) is 10.1 Å². The fourth-order valence-electron chi connectivity index (χ4n) is 1.01. The van der Waals surface area contributed by atoms with Gasteiger partial charge in [0.15, 0.2) is 0 Å². The van der Waals surface area contributed by atoms with Gasteiger partial charge in [-0.1, -0.05) is 0 Å². The normalized spacial score (nSPS) is 40.0. The van der Waals surface area contributed by atoms with Gasteiger partial charge in [-0.25, -0.2) is 0 Å². The molecule has 0 aromatic rings. The molecule has 1 rings (SSSR count). The van der Waals surface area contributed by atoms with Crippen molar-refractivity contribution in [2.24, 2.45) is 0 Å². The first kappa shape index (κ1) is 8.23. The van der Waals surface area contributed by atoms with Crippen molar-refractivity contribution >= 4 is 20.4 Å². The molecule has 0 aromatic heterocycles. The molecule has 2 atom stereocenters. The third-order valence-electron chi connectivity index (χ3n) is 1.94. The average molecular weight is 180 g/mol. The molecule has 0 spiro atoms. The van der Waals surface area contributed by atoms with Gasteiger partial charge in [-0.15, -0.1) is 0 Å². The van der Waals surface area contributed by atoms with E-state index in [1.165, 1.54) is 0 Å². The summed E-state index contributed by atoms with van der Waals surface area (Å²) >= 11 is 0. The van der Waals surface area contributed by atoms with E-state index in [2.05, 4.69) is 0 Å². The van der Waals surface area contributed by atoms with Crippen LogP contribution in [0.15, 0.2) is 0 Å². The lowest BCUT2D eigenvalue weighted by Gasteiger charge is -2.07. The Morgan fingerprint density at radius 1 is 1.70 bits per heavy atom. The van der Waals surface area contributed by atoms with Gasteiger partial charge in [0, 0.05) is 10.2 Å². The average Bonchev–Trinajstić information content (AvgIpc) is 2.05. The zero-order valence-electron chi connectivity index (χ0n) is 6.42. The molecule has 10 heavy (non-hydrogen) atoms. The first-order valence-electron chi connectivity index (χ1n) is 3.24. The summed E-state index contributed by atoms with van der Waals surface area (Å²) in [7, 11) is -2.21. The lowest BCUT2D eigenvalue weighted by molar-refractivity contribution is 0.211. The van der Waals surface area contributed by atoms with E-state index >= 15 is 0 Å². The molecule has 5 heteroatoms. The predicted octanol–water partition coefficient (Wildman–Crippen LogP) is -0.721. The van der Waals surface area contributed by atoms with E-state index < -0.39 is 10.1 Å². The Kier molecular flexibility index (Phi) is 1.69. The van der Waals surface area contributed by atoms with Crippen molar-refractivity contribution in [3.05, 3.63) is 0 Å². The van der Waals surface area contributed by atoms with Crippen molar-refractivity contribution in [1.82, 2.24) is 0 Å². The number of hydrogen-bond donors (Lipinski definition) is 0. The maximum absolute atomic E-state index is 10.6. The van der Waals surface area contributed by atoms with Crippen LogP contribution in [0.3, 0.4) is 0 Å². The standard InChI is InChI=1S/C5H12O3SSi/c1-5(3-4(5)10)8-9(2,6)7/h4H,3H2,1-2,10H3. The molecule has 0 saturated heterocycles. The van der Waals surface area contributed by atoms with Gasteiger partial charge >= 0.3 is 0 Å². The molecule has 1 saturated carbocycles. The van der Waals surface area contributed by atoms with Crippen molar-refractivity contribution in [3.63, 3.8) is 0 Å². The summed E-state index contributed by atoms with van der Waals surface area (Å²) in [4.78, 5) is 0. The maximum atomic E-state index is 10.6. The fourth-order valence-corrected chi connectivity index (χ4v) is 3.03. The Bertz CT molecular complexity index is 235. The molecular formula is C5H12O3SSi. The van der Waals surface area contributed by atoms with Crippen LogP contribution >= 0.6 is 0 Å². The van der Waals surface area contributed by atoms with Crippen LogP contribution in [-0.2, 0) is 14.3 Å². The monoisotopic (exact) mass is 180 g/mol. The third kappa shape index (κ3) is 1.80. The number of rotatable bonds is 2. The summed E-state index contributed by atoms with van der Waals surface area (Å²) in [5.74, 6) is 0. The van der Waals surface area contributed by atoms with Crippen LogP contribution in [0.25, 0.3) is 0 Å². The molecule has 0 aromatic carbocycles. The van der Waals surface area contributed by atoms with E-state index in [9.17, 15) is 8.42 Å². The molecule has 0 heterocycles. The Balaban J connectivity index is 2.57. The minimum atomic E-state index is -3.23. The second-order valence-electron chi connectivity index (χ2n) is 3.21. The molecule has 0 radical (unpaired) electrons. The molecule has 0 aliphatic heterocycles. The summed E-state index contributed by atoms with van der Waals surface area (Å²) in [5.41, 5.74) is 0.182. The van der Waals surface area contributed by atoms with Gasteiger partial charge in [0.05, 0.1) is 11.9 Å². The maximum Gasteiger partial charge on any atom is 0.264 e. The summed E-state index contributed by atoms with van der Waals surface area (Å²) in [6.07, 6.45) is 2.01. The van der Waals surface area contributed by atoms with Crippen LogP contribution < -0.4 is 0 Å². The van der Waals surface area contributed by atoms with Crippen LogP contribution in [0.5, 0.6) is 0 Å². The molecule has 1 fully saturated rings. The first-order valence-corrected chi connectivity index (χ1v) is 6.21. The van der Waals surface area contributed by atoms with Crippen LogP contribution in [-0.4, -0.2) is 30.5 Å². The van der Waals surface area contributed by atoms with Gasteiger partial charge < -0.3 is 0 Å².